The molecule has 0 radical (unpaired) electrons. The zero-order valence-electron chi connectivity index (χ0n) is 14.6. The number of carbonyl (C=O) groups excluding carboxylic acids is 1. The van der Waals surface area contributed by atoms with E-state index < -0.39 is 0 Å². The second-order valence-corrected chi connectivity index (χ2v) is 6.65. The Kier molecular flexibility index (Phi) is 4.64. The van der Waals surface area contributed by atoms with Crippen molar-refractivity contribution in [3.8, 4) is 11.5 Å². The van der Waals surface area contributed by atoms with E-state index in [1.54, 1.807) is 19.1 Å². The Morgan fingerprint density at radius 1 is 1.15 bits per heavy atom. The molecule has 0 aliphatic carbocycles. The van der Waals surface area contributed by atoms with Crippen LogP contribution in [0.15, 0.2) is 59.1 Å². The van der Waals surface area contributed by atoms with Crippen LogP contribution < -0.4 is 5.32 Å². The van der Waals surface area contributed by atoms with E-state index in [0.29, 0.717) is 23.3 Å². The summed E-state index contributed by atoms with van der Waals surface area (Å²) in [5, 5.41) is 12.6. The number of nitrogens with one attached hydrogen (secondary N) is 1. The topological polar surface area (TPSA) is 73.0 Å². The summed E-state index contributed by atoms with van der Waals surface area (Å²) in [4.78, 5) is 12.4. The molecule has 0 saturated heterocycles. The van der Waals surface area contributed by atoms with E-state index in [9.17, 15) is 4.79 Å². The first kappa shape index (κ1) is 17.3. The minimum absolute atomic E-state index is 0.0843. The largest absolute Gasteiger partial charge is 0.421 e. The Labute approximate surface area is 160 Å². The van der Waals surface area contributed by atoms with E-state index >= 15 is 0 Å². The van der Waals surface area contributed by atoms with Crippen LogP contribution in [0.4, 0.5) is 0 Å². The van der Waals surface area contributed by atoms with Gasteiger partial charge in [-0.25, -0.2) is 0 Å². The molecule has 0 fully saturated rings. The number of hydrogen-bond acceptors (Lipinski definition) is 4. The van der Waals surface area contributed by atoms with E-state index in [1.165, 1.54) is 0 Å². The van der Waals surface area contributed by atoms with Crippen LogP contribution in [0.2, 0.25) is 5.02 Å². The Bertz CT molecular complexity index is 1100. The van der Waals surface area contributed by atoms with Gasteiger partial charge in [-0.2, -0.15) is 0 Å². The van der Waals surface area contributed by atoms with Crippen LogP contribution in [0.25, 0.3) is 22.4 Å². The van der Waals surface area contributed by atoms with Gasteiger partial charge in [-0.05, 0) is 23.8 Å². The minimum Gasteiger partial charge on any atom is -0.421 e. The summed E-state index contributed by atoms with van der Waals surface area (Å²) in [5.74, 6) is 0.866. The maximum absolute atomic E-state index is 12.4. The molecule has 2 heterocycles. The Hall–Kier alpha value is -3.12. The molecule has 4 aromatic rings. The summed E-state index contributed by atoms with van der Waals surface area (Å²) in [5.41, 5.74) is 2.74. The lowest BCUT2D eigenvalue weighted by Gasteiger charge is -2.07. The van der Waals surface area contributed by atoms with Gasteiger partial charge in [-0.3, -0.25) is 4.79 Å². The normalized spacial score (nSPS) is 11.0. The van der Waals surface area contributed by atoms with Crippen LogP contribution >= 0.6 is 11.6 Å². The standard InChI is InChI=1S/C20H17ClN4O2/c1-13-23-24-20(27-13)17-11-25(18-5-3-2-4-16(17)18)12-19(26)22-10-14-6-8-15(21)9-7-14/h2-9,11H,10,12H2,1H3,(H,22,26). The highest BCUT2D eigenvalue weighted by Gasteiger charge is 2.16. The van der Waals surface area contributed by atoms with Gasteiger partial charge in [0.1, 0.15) is 6.54 Å². The fourth-order valence-corrected chi connectivity index (χ4v) is 3.09. The zero-order chi connectivity index (χ0) is 18.8. The second-order valence-electron chi connectivity index (χ2n) is 6.22. The molecule has 0 unspecified atom stereocenters. The zero-order valence-corrected chi connectivity index (χ0v) is 15.4. The van der Waals surface area contributed by atoms with Crippen molar-refractivity contribution in [3.63, 3.8) is 0 Å². The third-order valence-electron chi connectivity index (χ3n) is 4.26. The molecular weight excluding hydrogens is 364 g/mol. The highest BCUT2D eigenvalue weighted by atomic mass is 35.5. The predicted octanol–water partition coefficient (Wildman–Crippen LogP) is 3.97. The number of carbonyl (C=O) groups is 1. The van der Waals surface area contributed by atoms with Crippen LogP contribution in [0, 0.1) is 6.92 Å². The van der Waals surface area contributed by atoms with Gasteiger partial charge >= 0.3 is 0 Å². The third kappa shape index (κ3) is 3.71. The molecule has 27 heavy (non-hydrogen) atoms. The van der Waals surface area contributed by atoms with Crippen molar-refractivity contribution in [2.24, 2.45) is 0 Å². The number of fused-ring (bicyclic) bond motifs is 1. The molecular formula is C20H17ClN4O2. The average Bonchev–Trinajstić information content (AvgIpc) is 3.25. The summed E-state index contributed by atoms with van der Waals surface area (Å²) < 4.78 is 7.45. The van der Waals surface area contributed by atoms with Crippen molar-refractivity contribution < 1.29 is 9.21 Å². The number of rotatable bonds is 5. The van der Waals surface area contributed by atoms with Crippen LogP contribution in [0.1, 0.15) is 11.5 Å². The number of aromatic nitrogens is 3. The van der Waals surface area contributed by atoms with Crippen LogP contribution in [0.5, 0.6) is 0 Å². The van der Waals surface area contributed by atoms with Crippen LogP contribution in [-0.2, 0) is 17.9 Å². The molecule has 7 heteroatoms. The molecule has 136 valence electrons. The Morgan fingerprint density at radius 2 is 1.93 bits per heavy atom. The maximum Gasteiger partial charge on any atom is 0.249 e. The molecule has 2 aromatic carbocycles. The monoisotopic (exact) mass is 380 g/mol. The van der Waals surface area contributed by atoms with E-state index in [-0.39, 0.29) is 12.5 Å². The van der Waals surface area contributed by atoms with Gasteiger partial charge in [-0.15, -0.1) is 10.2 Å². The Morgan fingerprint density at radius 3 is 2.67 bits per heavy atom. The number of nitrogens with zero attached hydrogens (tertiary/aromatic N) is 3. The van der Waals surface area contributed by atoms with Crippen LogP contribution in [-0.4, -0.2) is 20.7 Å². The van der Waals surface area contributed by atoms with Gasteiger partial charge < -0.3 is 14.3 Å². The predicted molar refractivity (Wildman–Crippen MR) is 103 cm³/mol. The highest BCUT2D eigenvalue weighted by molar-refractivity contribution is 6.30. The number of aryl methyl sites for hydroxylation is 1. The fraction of sp³-hybridized carbons (Fsp3) is 0.150. The number of hydrogen-bond donors (Lipinski definition) is 1. The van der Waals surface area contributed by atoms with Gasteiger partial charge in [-0.1, -0.05) is 41.9 Å². The molecule has 1 amide bonds. The smallest absolute Gasteiger partial charge is 0.249 e. The van der Waals surface area contributed by atoms with Crippen LogP contribution in [0.3, 0.4) is 0 Å². The van der Waals surface area contributed by atoms with Gasteiger partial charge in [0.25, 0.3) is 0 Å². The summed E-state index contributed by atoms with van der Waals surface area (Å²) in [6, 6.07) is 15.2. The lowest BCUT2D eigenvalue weighted by atomic mass is 10.2. The summed E-state index contributed by atoms with van der Waals surface area (Å²) in [7, 11) is 0. The average molecular weight is 381 g/mol. The summed E-state index contributed by atoms with van der Waals surface area (Å²) in [6.07, 6.45) is 1.87. The molecule has 0 bridgehead atoms. The highest BCUT2D eigenvalue weighted by Crippen LogP contribution is 2.29. The fourth-order valence-electron chi connectivity index (χ4n) is 2.97. The van der Waals surface area contributed by atoms with Crippen molar-refractivity contribution in [3.05, 3.63) is 71.2 Å². The minimum atomic E-state index is -0.0843. The lowest BCUT2D eigenvalue weighted by Crippen LogP contribution is -2.26. The van der Waals surface area contributed by atoms with Gasteiger partial charge in [0.15, 0.2) is 0 Å². The molecule has 0 saturated carbocycles. The van der Waals surface area contributed by atoms with E-state index in [1.807, 2.05) is 47.2 Å². The molecule has 6 nitrogen and oxygen atoms in total. The molecule has 0 spiro atoms. The van der Waals surface area contributed by atoms with E-state index in [2.05, 4.69) is 15.5 Å². The van der Waals surface area contributed by atoms with E-state index in [0.717, 1.165) is 22.0 Å². The first-order chi connectivity index (χ1) is 13.1. The second kappa shape index (κ2) is 7.25. The number of para-hydroxylation sites is 1. The quantitative estimate of drug-likeness (QED) is 0.568. The molecule has 2 aromatic heterocycles. The molecule has 0 aliphatic rings. The summed E-state index contributed by atoms with van der Waals surface area (Å²) >= 11 is 5.88. The Balaban J connectivity index is 1.55. The summed E-state index contributed by atoms with van der Waals surface area (Å²) in [6.45, 7) is 2.39. The van der Waals surface area contributed by atoms with Crippen molar-refractivity contribution in [2.75, 3.05) is 0 Å². The molecule has 0 atom stereocenters. The van der Waals surface area contributed by atoms with Gasteiger partial charge in [0, 0.05) is 35.6 Å². The first-order valence-corrected chi connectivity index (χ1v) is 8.87. The van der Waals surface area contributed by atoms with Crippen molar-refractivity contribution in [1.82, 2.24) is 20.1 Å². The molecule has 1 N–H and O–H groups in total. The number of benzene rings is 2. The van der Waals surface area contributed by atoms with Gasteiger partial charge in [0.05, 0.1) is 5.56 Å². The third-order valence-corrected chi connectivity index (χ3v) is 4.51. The van der Waals surface area contributed by atoms with E-state index in [4.69, 9.17) is 16.0 Å². The molecule has 0 aliphatic heterocycles. The molecule has 4 rings (SSSR count). The number of amides is 1. The van der Waals surface area contributed by atoms with Crippen molar-refractivity contribution in [1.29, 1.82) is 0 Å². The lowest BCUT2D eigenvalue weighted by molar-refractivity contribution is -0.121. The van der Waals surface area contributed by atoms with Gasteiger partial charge in [0.2, 0.25) is 17.7 Å². The number of halogens is 1. The maximum atomic E-state index is 12.4. The SMILES string of the molecule is Cc1nnc(-c2cn(CC(=O)NCc3ccc(Cl)cc3)c3ccccc23)o1. The first-order valence-electron chi connectivity index (χ1n) is 8.49. The van der Waals surface area contributed by atoms with Crippen molar-refractivity contribution in [2.45, 2.75) is 20.0 Å². The van der Waals surface area contributed by atoms with Crippen molar-refractivity contribution >= 4 is 28.4 Å².